The van der Waals surface area contributed by atoms with Crippen molar-refractivity contribution >= 4 is 23.5 Å². The number of hydrogen-bond acceptors (Lipinski definition) is 6. The summed E-state index contributed by atoms with van der Waals surface area (Å²) < 4.78 is 55.7. The summed E-state index contributed by atoms with van der Waals surface area (Å²) in [6.45, 7) is 0.868. The first-order valence-corrected chi connectivity index (χ1v) is 12.3. The van der Waals surface area contributed by atoms with Crippen molar-refractivity contribution in [2.45, 2.75) is 43.6 Å². The van der Waals surface area contributed by atoms with Gasteiger partial charge in [-0.25, -0.2) is 4.79 Å². The van der Waals surface area contributed by atoms with Crippen LogP contribution in [0.4, 0.5) is 13.2 Å². The number of fused-ring (bicyclic) bond motifs is 1. The predicted molar refractivity (Wildman–Crippen MR) is 130 cm³/mol. The summed E-state index contributed by atoms with van der Waals surface area (Å²) in [5, 5.41) is 3.16. The van der Waals surface area contributed by atoms with Crippen molar-refractivity contribution in [2.24, 2.45) is 0 Å². The summed E-state index contributed by atoms with van der Waals surface area (Å²) in [5.41, 5.74) is 1.24. The van der Waals surface area contributed by atoms with Crippen LogP contribution in [-0.4, -0.2) is 67.9 Å². The fourth-order valence-corrected chi connectivity index (χ4v) is 4.88. The maximum Gasteiger partial charge on any atom is 0.490 e. The summed E-state index contributed by atoms with van der Waals surface area (Å²) in [4.78, 5) is 25.4. The highest BCUT2D eigenvalue weighted by Gasteiger charge is 2.44. The molecule has 0 radical (unpaired) electrons. The molecular weight excluding hydrogens is 513 g/mol. The van der Waals surface area contributed by atoms with E-state index in [1.54, 1.807) is 30.3 Å². The standard InChI is InChI=1S/C26H28ClF3N2O5/c1-31-23(33)13-17-4-2-3-5-21(17)35-16-20(36-24(34)26(28,29)30)15-32-10-8-25(9-11-32)14-18-12-19(27)6-7-22(18)37-25/h2-7,12,20H,8-11,13-16H2,1H3,(H,31,33)/t20-/m0/s1. The molecule has 1 atom stereocenters. The lowest BCUT2D eigenvalue weighted by molar-refractivity contribution is -0.206. The molecule has 0 aliphatic carbocycles. The number of amides is 1. The molecule has 2 aliphatic heterocycles. The molecule has 0 saturated carbocycles. The van der Waals surface area contributed by atoms with Gasteiger partial charge in [0.25, 0.3) is 0 Å². The number of carbonyl (C=O) groups excluding carboxylic acids is 2. The van der Waals surface area contributed by atoms with Gasteiger partial charge in [0.1, 0.15) is 29.8 Å². The van der Waals surface area contributed by atoms with E-state index in [2.05, 4.69) is 5.32 Å². The summed E-state index contributed by atoms with van der Waals surface area (Å²) in [7, 11) is 1.51. The molecule has 2 aromatic carbocycles. The number of nitrogens with zero attached hydrogens (tertiary/aromatic N) is 1. The van der Waals surface area contributed by atoms with Crippen LogP contribution in [0.2, 0.25) is 5.02 Å². The predicted octanol–water partition coefficient (Wildman–Crippen LogP) is 3.95. The van der Waals surface area contributed by atoms with Gasteiger partial charge in [0.2, 0.25) is 5.91 Å². The normalized spacial score (nSPS) is 17.5. The number of rotatable bonds is 8. The zero-order chi connectivity index (χ0) is 26.6. The van der Waals surface area contributed by atoms with E-state index in [9.17, 15) is 22.8 Å². The second-order valence-corrected chi connectivity index (χ2v) is 9.74. The number of likely N-dealkylation sites (tertiary alicyclic amines) is 1. The first-order chi connectivity index (χ1) is 17.6. The van der Waals surface area contributed by atoms with Gasteiger partial charge in [0.05, 0.1) is 6.42 Å². The van der Waals surface area contributed by atoms with E-state index in [1.807, 2.05) is 17.0 Å². The Morgan fingerprint density at radius 3 is 2.62 bits per heavy atom. The average molecular weight is 541 g/mol. The number of para-hydroxylation sites is 1. The van der Waals surface area contributed by atoms with Crippen molar-refractivity contribution in [1.29, 1.82) is 0 Å². The zero-order valence-corrected chi connectivity index (χ0v) is 21.0. The Labute approximate surface area is 217 Å². The third kappa shape index (κ3) is 6.87. The molecule has 1 amide bonds. The Kier molecular flexibility index (Phi) is 8.18. The van der Waals surface area contributed by atoms with Gasteiger partial charge in [0, 0.05) is 56.5 Å². The third-order valence-electron chi connectivity index (χ3n) is 6.62. The Morgan fingerprint density at radius 2 is 1.92 bits per heavy atom. The van der Waals surface area contributed by atoms with Crippen LogP contribution < -0.4 is 14.8 Å². The van der Waals surface area contributed by atoms with E-state index in [4.69, 9.17) is 25.8 Å². The topological polar surface area (TPSA) is 77.1 Å². The van der Waals surface area contributed by atoms with Gasteiger partial charge in [-0.15, -0.1) is 0 Å². The van der Waals surface area contributed by atoms with E-state index < -0.39 is 18.2 Å². The lowest BCUT2D eigenvalue weighted by Gasteiger charge is -2.39. The monoisotopic (exact) mass is 540 g/mol. The number of nitrogens with one attached hydrogen (secondary N) is 1. The highest BCUT2D eigenvalue weighted by Crippen LogP contribution is 2.42. The van der Waals surface area contributed by atoms with E-state index in [0.29, 0.717) is 48.7 Å². The van der Waals surface area contributed by atoms with Gasteiger partial charge < -0.3 is 19.5 Å². The maximum atomic E-state index is 13.0. The third-order valence-corrected chi connectivity index (χ3v) is 6.86. The van der Waals surface area contributed by atoms with Crippen LogP contribution >= 0.6 is 11.6 Å². The first kappa shape index (κ1) is 27.1. The molecule has 2 aromatic rings. The number of esters is 1. The molecule has 2 heterocycles. The van der Waals surface area contributed by atoms with Crippen LogP contribution in [0.15, 0.2) is 42.5 Å². The molecule has 37 heavy (non-hydrogen) atoms. The number of alkyl halides is 3. The molecule has 4 rings (SSSR count). The van der Waals surface area contributed by atoms with Crippen molar-refractivity contribution in [3.05, 3.63) is 58.6 Å². The van der Waals surface area contributed by atoms with E-state index in [-0.39, 0.29) is 31.1 Å². The number of hydrogen-bond donors (Lipinski definition) is 1. The van der Waals surface area contributed by atoms with Gasteiger partial charge in [-0.05, 0) is 29.8 Å². The van der Waals surface area contributed by atoms with Gasteiger partial charge in [-0.2, -0.15) is 13.2 Å². The van der Waals surface area contributed by atoms with Crippen LogP contribution in [0, 0.1) is 0 Å². The van der Waals surface area contributed by atoms with Crippen molar-refractivity contribution in [3.8, 4) is 11.5 Å². The number of halogens is 4. The molecule has 1 N–H and O–H groups in total. The number of ether oxygens (including phenoxy) is 3. The molecule has 0 aromatic heterocycles. The summed E-state index contributed by atoms with van der Waals surface area (Å²) in [6.07, 6.45) is -4.21. The number of benzene rings is 2. The van der Waals surface area contributed by atoms with E-state index >= 15 is 0 Å². The minimum Gasteiger partial charge on any atom is -0.489 e. The van der Waals surface area contributed by atoms with Gasteiger partial charge in [-0.1, -0.05) is 29.8 Å². The Hall–Kier alpha value is -2.98. The smallest absolute Gasteiger partial charge is 0.489 e. The van der Waals surface area contributed by atoms with Crippen LogP contribution in [0.1, 0.15) is 24.0 Å². The van der Waals surface area contributed by atoms with Crippen LogP contribution in [-0.2, 0) is 27.2 Å². The molecule has 1 saturated heterocycles. The minimum absolute atomic E-state index is 0.0431. The highest BCUT2D eigenvalue weighted by molar-refractivity contribution is 6.30. The van der Waals surface area contributed by atoms with Gasteiger partial charge in [0.15, 0.2) is 0 Å². The molecular formula is C26H28ClF3N2O5. The second-order valence-electron chi connectivity index (χ2n) is 9.31. The quantitative estimate of drug-likeness (QED) is 0.511. The lowest BCUT2D eigenvalue weighted by atomic mass is 9.87. The van der Waals surface area contributed by atoms with Crippen molar-refractivity contribution in [2.75, 3.05) is 33.3 Å². The maximum absolute atomic E-state index is 13.0. The molecule has 1 fully saturated rings. The largest absolute Gasteiger partial charge is 0.490 e. The lowest BCUT2D eigenvalue weighted by Crippen LogP contribution is -2.50. The molecule has 0 bridgehead atoms. The van der Waals surface area contributed by atoms with Gasteiger partial charge in [-0.3, -0.25) is 9.69 Å². The van der Waals surface area contributed by atoms with Gasteiger partial charge >= 0.3 is 12.1 Å². The Balaban J connectivity index is 1.39. The second kappa shape index (κ2) is 11.2. The highest BCUT2D eigenvalue weighted by atomic mass is 35.5. The summed E-state index contributed by atoms with van der Waals surface area (Å²) in [6, 6.07) is 12.3. The fourth-order valence-electron chi connectivity index (χ4n) is 4.69. The van der Waals surface area contributed by atoms with Crippen molar-refractivity contribution in [1.82, 2.24) is 10.2 Å². The molecule has 1 spiro atoms. The number of piperidine rings is 1. The number of carbonyl (C=O) groups is 2. The summed E-state index contributed by atoms with van der Waals surface area (Å²) in [5.74, 6) is -1.36. The summed E-state index contributed by atoms with van der Waals surface area (Å²) >= 11 is 6.10. The molecule has 7 nitrogen and oxygen atoms in total. The molecule has 0 unspecified atom stereocenters. The Morgan fingerprint density at radius 1 is 1.19 bits per heavy atom. The van der Waals surface area contributed by atoms with Crippen molar-refractivity contribution in [3.63, 3.8) is 0 Å². The van der Waals surface area contributed by atoms with E-state index in [1.165, 1.54) is 7.05 Å². The van der Waals surface area contributed by atoms with Crippen molar-refractivity contribution < 1.29 is 37.0 Å². The van der Waals surface area contributed by atoms with Crippen LogP contribution in [0.25, 0.3) is 0 Å². The average Bonchev–Trinajstić information content (AvgIpc) is 3.20. The SMILES string of the molecule is CNC(=O)Cc1ccccc1OC[C@H](CN1CCC2(CC1)Cc1cc(Cl)ccc1O2)OC(=O)C(F)(F)F. The molecule has 2 aliphatic rings. The number of likely N-dealkylation sites (N-methyl/N-ethyl adjacent to an activating group) is 1. The minimum atomic E-state index is -5.12. The van der Waals surface area contributed by atoms with Crippen LogP contribution in [0.3, 0.4) is 0 Å². The zero-order valence-electron chi connectivity index (χ0n) is 20.3. The molecule has 11 heteroatoms. The van der Waals surface area contributed by atoms with E-state index in [0.717, 1.165) is 11.3 Å². The van der Waals surface area contributed by atoms with Crippen LogP contribution in [0.5, 0.6) is 11.5 Å². The fraction of sp³-hybridized carbons (Fsp3) is 0.462. The molecule has 200 valence electrons. The Bertz CT molecular complexity index is 1140. The first-order valence-electron chi connectivity index (χ1n) is 12.0.